The fourth-order valence-corrected chi connectivity index (χ4v) is 3.15. The lowest BCUT2D eigenvalue weighted by Crippen LogP contribution is -2.17. The number of thiophene rings is 1. The van der Waals surface area contributed by atoms with Gasteiger partial charge in [0.15, 0.2) is 5.69 Å². The zero-order chi connectivity index (χ0) is 13.8. The number of halogens is 1. The molecule has 0 spiro atoms. The number of carbonyl (C=O) groups is 1. The number of carboxylic acids is 1. The summed E-state index contributed by atoms with van der Waals surface area (Å²) in [5.41, 5.74) is 0.719. The molecule has 0 bridgehead atoms. The molecule has 0 amide bonds. The van der Waals surface area contributed by atoms with Crippen molar-refractivity contribution in [1.29, 1.82) is 0 Å². The first-order valence-corrected chi connectivity index (χ1v) is 7.12. The third kappa shape index (κ3) is 4.09. The van der Waals surface area contributed by atoms with Crippen molar-refractivity contribution >= 4 is 33.2 Å². The van der Waals surface area contributed by atoms with E-state index < -0.39 is 5.97 Å². The van der Waals surface area contributed by atoms with Gasteiger partial charge >= 0.3 is 5.97 Å². The lowest BCUT2D eigenvalue weighted by molar-refractivity contribution is 0.0690. The van der Waals surface area contributed by atoms with Gasteiger partial charge in [0.1, 0.15) is 0 Å². The van der Waals surface area contributed by atoms with Gasteiger partial charge in [-0.1, -0.05) is 0 Å². The maximum absolute atomic E-state index is 10.7. The Morgan fingerprint density at radius 1 is 1.37 bits per heavy atom. The summed E-state index contributed by atoms with van der Waals surface area (Å²) in [7, 11) is 1.99. The lowest BCUT2D eigenvalue weighted by Gasteiger charge is -2.14. The van der Waals surface area contributed by atoms with Crippen LogP contribution in [0.3, 0.4) is 0 Å². The van der Waals surface area contributed by atoms with Crippen LogP contribution in [0.2, 0.25) is 0 Å². The molecule has 19 heavy (non-hydrogen) atoms. The first kappa shape index (κ1) is 14.1. The van der Waals surface area contributed by atoms with Gasteiger partial charge < -0.3 is 5.11 Å². The van der Waals surface area contributed by atoms with Crippen molar-refractivity contribution in [2.75, 3.05) is 7.05 Å². The summed E-state index contributed by atoms with van der Waals surface area (Å²) in [5, 5.41) is 8.74. The van der Waals surface area contributed by atoms with Gasteiger partial charge in [-0.3, -0.25) is 9.88 Å². The van der Waals surface area contributed by atoms with Gasteiger partial charge in [0.05, 0.1) is 21.9 Å². The zero-order valence-corrected chi connectivity index (χ0v) is 12.6. The summed E-state index contributed by atoms with van der Waals surface area (Å²) in [6.07, 6.45) is 2.79. The van der Waals surface area contributed by atoms with E-state index >= 15 is 0 Å². The highest BCUT2D eigenvalue weighted by molar-refractivity contribution is 9.11. The third-order valence-electron chi connectivity index (χ3n) is 2.41. The van der Waals surface area contributed by atoms with Crippen LogP contribution in [0.15, 0.2) is 28.3 Å². The molecule has 0 saturated carbocycles. The van der Waals surface area contributed by atoms with Crippen molar-refractivity contribution in [3.63, 3.8) is 0 Å². The summed E-state index contributed by atoms with van der Waals surface area (Å²) < 4.78 is 1.11. The molecular weight excluding hydrogens is 330 g/mol. The number of hydrogen-bond donors (Lipinski definition) is 1. The highest BCUT2D eigenvalue weighted by Crippen LogP contribution is 2.23. The van der Waals surface area contributed by atoms with Crippen LogP contribution in [0, 0.1) is 0 Å². The second kappa shape index (κ2) is 6.23. The normalized spacial score (nSPS) is 10.9. The van der Waals surface area contributed by atoms with E-state index in [1.165, 1.54) is 17.3 Å². The van der Waals surface area contributed by atoms with Crippen molar-refractivity contribution in [3.8, 4) is 0 Å². The number of carboxylic acid groups (broad SMARTS) is 1. The quantitative estimate of drug-likeness (QED) is 0.905. The first-order chi connectivity index (χ1) is 9.04. The van der Waals surface area contributed by atoms with Crippen LogP contribution in [0.1, 0.15) is 21.1 Å². The molecule has 2 rings (SSSR count). The second-order valence-corrected chi connectivity index (χ2v) is 6.62. The Bertz CT molecular complexity index is 571. The summed E-state index contributed by atoms with van der Waals surface area (Å²) in [4.78, 5) is 22.0. The van der Waals surface area contributed by atoms with Crippen LogP contribution in [0.5, 0.6) is 0 Å². The van der Waals surface area contributed by atoms with E-state index in [-0.39, 0.29) is 5.69 Å². The molecule has 0 aliphatic carbocycles. The van der Waals surface area contributed by atoms with Gasteiger partial charge in [-0.25, -0.2) is 9.78 Å². The summed E-state index contributed by atoms with van der Waals surface area (Å²) in [6, 6.07) is 4.10. The maximum Gasteiger partial charge on any atom is 0.356 e. The number of aromatic carboxylic acids is 1. The van der Waals surface area contributed by atoms with Crippen LogP contribution in [-0.2, 0) is 13.1 Å². The molecule has 0 fully saturated rings. The maximum atomic E-state index is 10.7. The van der Waals surface area contributed by atoms with Crippen molar-refractivity contribution in [3.05, 3.63) is 44.6 Å². The topological polar surface area (TPSA) is 66.3 Å². The Labute approximate surface area is 123 Å². The molecule has 0 aromatic carbocycles. The van der Waals surface area contributed by atoms with Gasteiger partial charge in [0.25, 0.3) is 0 Å². The molecule has 2 aromatic rings. The molecule has 2 heterocycles. The summed E-state index contributed by atoms with van der Waals surface area (Å²) >= 11 is 5.13. The van der Waals surface area contributed by atoms with Gasteiger partial charge in [0.2, 0.25) is 0 Å². The first-order valence-electron chi connectivity index (χ1n) is 5.51. The molecule has 0 saturated heterocycles. The standard InChI is InChI=1S/C12H12BrN3O2S/c1-16(7-9-2-3-11(13)19-9)6-8-4-15-10(5-14-8)12(17)18/h2-5H,6-7H2,1H3,(H,17,18). The lowest BCUT2D eigenvalue weighted by atomic mass is 10.3. The molecule has 2 aromatic heterocycles. The molecule has 0 radical (unpaired) electrons. The largest absolute Gasteiger partial charge is 0.476 e. The van der Waals surface area contributed by atoms with Gasteiger partial charge in [-0.2, -0.15) is 0 Å². The molecule has 1 N–H and O–H groups in total. The Morgan fingerprint density at radius 2 is 2.16 bits per heavy atom. The molecule has 0 atom stereocenters. The third-order valence-corrected chi connectivity index (χ3v) is 4.02. The molecular formula is C12H12BrN3O2S. The average Bonchev–Trinajstić information content (AvgIpc) is 2.75. The Morgan fingerprint density at radius 3 is 2.68 bits per heavy atom. The zero-order valence-electron chi connectivity index (χ0n) is 10.2. The van der Waals surface area contributed by atoms with E-state index in [1.54, 1.807) is 11.3 Å². The van der Waals surface area contributed by atoms with E-state index in [0.29, 0.717) is 6.54 Å². The van der Waals surface area contributed by atoms with Crippen LogP contribution in [0.25, 0.3) is 0 Å². The molecule has 5 nitrogen and oxygen atoms in total. The van der Waals surface area contributed by atoms with Crippen LogP contribution in [-0.4, -0.2) is 33.0 Å². The van der Waals surface area contributed by atoms with Crippen LogP contribution >= 0.6 is 27.3 Å². The van der Waals surface area contributed by atoms with E-state index in [1.807, 2.05) is 13.1 Å². The molecule has 0 aliphatic rings. The fourth-order valence-electron chi connectivity index (χ4n) is 1.58. The van der Waals surface area contributed by atoms with Crippen molar-refractivity contribution in [2.45, 2.75) is 13.1 Å². The van der Waals surface area contributed by atoms with E-state index in [4.69, 9.17) is 5.11 Å². The van der Waals surface area contributed by atoms with Gasteiger partial charge in [-0.05, 0) is 35.1 Å². The highest BCUT2D eigenvalue weighted by atomic mass is 79.9. The minimum absolute atomic E-state index is 0.0337. The predicted octanol–water partition coefficient (Wildman–Crippen LogP) is 2.63. The SMILES string of the molecule is CN(Cc1cnc(C(=O)O)cn1)Cc1ccc(Br)s1. The molecule has 0 aliphatic heterocycles. The fraction of sp³-hybridized carbons (Fsp3) is 0.250. The number of nitrogens with zero attached hydrogens (tertiary/aromatic N) is 3. The second-order valence-electron chi connectivity index (χ2n) is 4.08. The van der Waals surface area contributed by atoms with Crippen LogP contribution in [0.4, 0.5) is 0 Å². The van der Waals surface area contributed by atoms with Gasteiger partial charge in [-0.15, -0.1) is 11.3 Å². The number of aromatic nitrogens is 2. The minimum atomic E-state index is -1.06. The molecule has 100 valence electrons. The summed E-state index contributed by atoms with van der Waals surface area (Å²) in [6.45, 7) is 1.45. The average molecular weight is 342 g/mol. The van der Waals surface area contributed by atoms with Crippen LogP contribution < -0.4 is 0 Å². The number of rotatable bonds is 5. The van der Waals surface area contributed by atoms with Crippen molar-refractivity contribution < 1.29 is 9.90 Å². The Kier molecular flexibility index (Phi) is 4.62. The predicted molar refractivity (Wildman–Crippen MR) is 76.2 cm³/mol. The van der Waals surface area contributed by atoms with E-state index in [9.17, 15) is 4.79 Å². The summed E-state index contributed by atoms with van der Waals surface area (Å²) in [5.74, 6) is -1.06. The highest BCUT2D eigenvalue weighted by Gasteiger charge is 2.08. The minimum Gasteiger partial charge on any atom is -0.476 e. The Hall–Kier alpha value is -1.31. The molecule has 7 heteroatoms. The van der Waals surface area contributed by atoms with Crippen molar-refractivity contribution in [2.24, 2.45) is 0 Å². The van der Waals surface area contributed by atoms with Crippen molar-refractivity contribution in [1.82, 2.24) is 14.9 Å². The van der Waals surface area contributed by atoms with E-state index in [2.05, 4.69) is 36.9 Å². The number of hydrogen-bond acceptors (Lipinski definition) is 5. The monoisotopic (exact) mass is 341 g/mol. The smallest absolute Gasteiger partial charge is 0.356 e. The molecule has 0 unspecified atom stereocenters. The van der Waals surface area contributed by atoms with Gasteiger partial charge in [0, 0.05) is 18.0 Å². The Balaban J connectivity index is 1.94. The van der Waals surface area contributed by atoms with E-state index in [0.717, 1.165) is 16.0 Å².